The van der Waals surface area contributed by atoms with Gasteiger partial charge in [-0.15, -0.1) is 0 Å². The highest BCUT2D eigenvalue weighted by Gasteiger charge is 2.18. The van der Waals surface area contributed by atoms with Gasteiger partial charge in [-0.2, -0.15) is 11.3 Å². The quantitative estimate of drug-likeness (QED) is 0.811. The van der Waals surface area contributed by atoms with Gasteiger partial charge in [0.15, 0.2) is 0 Å². The van der Waals surface area contributed by atoms with Crippen molar-refractivity contribution in [3.05, 3.63) is 21.9 Å². The monoisotopic (exact) mass is 227 g/mol. The van der Waals surface area contributed by atoms with Crippen molar-refractivity contribution >= 4 is 17.3 Å². The number of hydrogen-bond acceptors (Lipinski definition) is 3. The molecular weight excluding hydrogens is 210 g/mol. The van der Waals surface area contributed by atoms with Crippen molar-refractivity contribution in [1.29, 1.82) is 0 Å². The zero-order valence-electron chi connectivity index (χ0n) is 9.28. The van der Waals surface area contributed by atoms with Crippen LogP contribution in [0.1, 0.15) is 25.0 Å². The molecule has 0 saturated heterocycles. The molecule has 1 rings (SSSR count). The van der Waals surface area contributed by atoms with Crippen LogP contribution in [0.5, 0.6) is 0 Å². The molecule has 0 amide bonds. The van der Waals surface area contributed by atoms with Gasteiger partial charge in [0.05, 0.1) is 5.92 Å². The molecule has 1 heterocycles. The van der Waals surface area contributed by atoms with E-state index in [1.54, 1.807) is 18.3 Å². The molecular formula is C11H17NO2S. The lowest BCUT2D eigenvalue weighted by atomic mass is 10.0. The highest BCUT2D eigenvalue weighted by molar-refractivity contribution is 7.08. The second-order valence-electron chi connectivity index (χ2n) is 3.88. The molecule has 1 aromatic heterocycles. The molecule has 4 heteroatoms. The lowest BCUT2D eigenvalue weighted by Crippen LogP contribution is -2.35. The summed E-state index contributed by atoms with van der Waals surface area (Å²) in [6.45, 7) is 6.44. The van der Waals surface area contributed by atoms with Gasteiger partial charge in [0.1, 0.15) is 0 Å². The standard InChI is InChI=1S/C11H17NO2S/c1-7-5-15-6-10(7)4-12-9(3)8(2)11(13)14/h5-6,8-9,12H,4H2,1-3H3,(H,13,14). The Hall–Kier alpha value is -0.870. The van der Waals surface area contributed by atoms with Crippen LogP contribution in [0, 0.1) is 12.8 Å². The molecule has 0 aliphatic rings. The van der Waals surface area contributed by atoms with Crippen LogP contribution in [-0.4, -0.2) is 17.1 Å². The molecule has 1 aromatic rings. The highest BCUT2D eigenvalue weighted by atomic mass is 32.1. The Morgan fingerprint density at radius 3 is 2.67 bits per heavy atom. The normalized spacial score (nSPS) is 14.9. The number of nitrogens with one attached hydrogen (secondary N) is 1. The third kappa shape index (κ3) is 3.32. The minimum Gasteiger partial charge on any atom is -0.481 e. The maximum Gasteiger partial charge on any atom is 0.307 e. The molecule has 0 spiro atoms. The zero-order valence-corrected chi connectivity index (χ0v) is 10.1. The lowest BCUT2D eigenvalue weighted by molar-refractivity contribution is -0.141. The summed E-state index contributed by atoms with van der Waals surface area (Å²) in [6, 6.07) is -0.0122. The summed E-state index contributed by atoms with van der Waals surface area (Å²) in [5, 5.41) is 16.3. The number of aliphatic carboxylic acids is 1. The van der Waals surface area contributed by atoms with Crippen LogP contribution in [0.4, 0.5) is 0 Å². The summed E-state index contributed by atoms with van der Waals surface area (Å²) in [5.41, 5.74) is 2.52. The number of carbonyl (C=O) groups is 1. The first-order chi connectivity index (χ1) is 7.02. The fourth-order valence-corrected chi connectivity index (χ4v) is 2.09. The van der Waals surface area contributed by atoms with Crippen LogP contribution < -0.4 is 5.32 Å². The first-order valence-corrected chi connectivity index (χ1v) is 5.94. The minimum absolute atomic E-state index is 0.0122. The Morgan fingerprint density at radius 2 is 2.20 bits per heavy atom. The lowest BCUT2D eigenvalue weighted by Gasteiger charge is -2.17. The van der Waals surface area contributed by atoms with E-state index in [4.69, 9.17) is 5.11 Å². The summed E-state index contributed by atoms with van der Waals surface area (Å²) < 4.78 is 0. The molecule has 0 fully saturated rings. The van der Waals surface area contributed by atoms with Crippen LogP contribution in [-0.2, 0) is 11.3 Å². The Labute approximate surface area is 94.1 Å². The largest absolute Gasteiger partial charge is 0.481 e. The van der Waals surface area contributed by atoms with E-state index in [-0.39, 0.29) is 12.0 Å². The zero-order chi connectivity index (χ0) is 11.4. The number of carboxylic acid groups (broad SMARTS) is 1. The van der Waals surface area contributed by atoms with Crippen LogP contribution in [0.3, 0.4) is 0 Å². The number of carboxylic acids is 1. The minimum atomic E-state index is -0.753. The number of rotatable bonds is 5. The molecule has 15 heavy (non-hydrogen) atoms. The van der Waals surface area contributed by atoms with Crippen molar-refractivity contribution in [2.45, 2.75) is 33.4 Å². The Balaban J connectivity index is 2.44. The first kappa shape index (κ1) is 12.2. The molecule has 2 unspecified atom stereocenters. The van der Waals surface area contributed by atoms with Gasteiger partial charge in [-0.3, -0.25) is 4.79 Å². The van der Waals surface area contributed by atoms with Crippen LogP contribution in [0.25, 0.3) is 0 Å². The predicted molar refractivity (Wildman–Crippen MR) is 62.2 cm³/mol. The Morgan fingerprint density at radius 1 is 1.53 bits per heavy atom. The highest BCUT2D eigenvalue weighted by Crippen LogP contribution is 2.14. The molecule has 0 aliphatic carbocycles. The smallest absolute Gasteiger partial charge is 0.307 e. The Bertz CT molecular complexity index is 335. The molecule has 2 N–H and O–H groups in total. The fraction of sp³-hybridized carbons (Fsp3) is 0.545. The summed E-state index contributed by atoms with van der Waals surface area (Å²) >= 11 is 1.68. The SMILES string of the molecule is Cc1cscc1CNC(C)C(C)C(=O)O. The van der Waals surface area contributed by atoms with E-state index in [0.717, 1.165) is 6.54 Å². The molecule has 0 aliphatic heterocycles. The average Bonchev–Trinajstić information content (AvgIpc) is 2.59. The van der Waals surface area contributed by atoms with Gasteiger partial charge in [0.2, 0.25) is 0 Å². The number of aryl methyl sites for hydroxylation is 1. The van der Waals surface area contributed by atoms with Crippen molar-refractivity contribution in [2.24, 2.45) is 5.92 Å². The second-order valence-corrected chi connectivity index (χ2v) is 4.62. The van der Waals surface area contributed by atoms with Gasteiger partial charge >= 0.3 is 5.97 Å². The van der Waals surface area contributed by atoms with Gasteiger partial charge in [0, 0.05) is 12.6 Å². The summed E-state index contributed by atoms with van der Waals surface area (Å²) in [6.07, 6.45) is 0. The van der Waals surface area contributed by atoms with Crippen molar-refractivity contribution < 1.29 is 9.90 Å². The third-order valence-corrected chi connectivity index (χ3v) is 3.63. The second kappa shape index (κ2) is 5.28. The van der Waals surface area contributed by atoms with Crippen LogP contribution in [0.2, 0.25) is 0 Å². The van der Waals surface area contributed by atoms with E-state index in [1.165, 1.54) is 11.1 Å². The maximum absolute atomic E-state index is 10.7. The topological polar surface area (TPSA) is 49.3 Å². The summed E-state index contributed by atoms with van der Waals surface area (Å²) in [7, 11) is 0. The molecule has 0 bridgehead atoms. The molecule has 84 valence electrons. The average molecular weight is 227 g/mol. The number of hydrogen-bond donors (Lipinski definition) is 2. The van der Waals surface area contributed by atoms with E-state index in [1.807, 2.05) is 6.92 Å². The van der Waals surface area contributed by atoms with Gasteiger partial charge < -0.3 is 10.4 Å². The van der Waals surface area contributed by atoms with E-state index in [2.05, 4.69) is 23.0 Å². The molecule has 2 atom stereocenters. The van der Waals surface area contributed by atoms with Crippen molar-refractivity contribution in [1.82, 2.24) is 5.32 Å². The molecule has 3 nitrogen and oxygen atoms in total. The summed E-state index contributed by atoms with van der Waals surface area (Å²) in [4.78, 5) is 10.7. The fourth-order valence-electron chi connectivity index (χ4n) is 1.23. The van der Waals surface area contributed by atoms with Crippen LogP contribution >= 0.6 is 11.3 Å². The predicted octanol–water partition coefficient (Wildman–Crippen LogP) is 2.26. The van der Waals surface area contributed by atoms with Gasteiger partial charge in [-0.1, -0.05) is 6.92 Å². The van der Waals surface area contributed by atoms with E-state index in [9.17, 15) is 4.79 Å². The molecule has 0 radical (unpaired) electrons. The number of thiophene rings is 1. The van der Waals surface area contributed by atoms with Crippen molar-refractivity contribution in [2.75, 3.05) is 0 Å². The molecule has 0 saturated carbocycles. The van der Waals surface area contributed by atoms with Crippen molar-refractivity contribution in [3.63, 3.8) is 0 Å². The van der Waals surface area contributed by atoms with E-state index < -0.39 is 5.97 Å². The Kier molecular flexibility index (Phi) is 4.29. The van der Waals surface area contributed by atoms with Crippen molar-refractivity contribution in [3.8, 4) is 0 Å². The third-order valence-electron chi connectivity index (χ3n) is 2.72. The van der Waals surface area contributed by atoms with Crippen LogP contribution in [0.15, 0.2) is 10.8 Å². The first-order valence-electron chi connectivity index (χ1n) is 5.00. The van der Waals surface area contributed by atoms with Gasteiger partial charge in [-0.25, -0.2) is 0 Å². The van der Waals surface area contributed by atoms with Gasteiger partial charge in [-0.05, 0) is 35.7 Å². The van der Waals surface area contributed by atoms with Gasteiger partial charge in [0.25, 0.3) is 0 Å². The molecule has 0 aromatic carbocycles. The van der Waals surface area contributed by atoms with E-state index >= 15 is 0 Å². The van der Waals surface area contributed by atoms with E-state index in [0.29, 0.717) is 0 Å². The maximum atomic E-state index is 10.7. The summed E-state index contributed by atoms with van der Waals surface area (Å²) in [5.74, 6) is -1.11.